The summed E-state index contributed by atoms with van der Waals surface area (Å²) in [4.78, 5) is 0. The van der Waals surface area contributed by atoms with Crippen LogP contribution in [0.2, 0.25) is 0 Å². The van der Waals surface area contributed by atoms with E-state index in [0.29, 0.717) is 0 Å². The summed E-state index contributed by atoms with van der Waals surface area (Å²) in [6.45, 7) is 8.62. The van der Waals surface area contributed by atoms with E-state index >= 15 is 0 Å². The summed E-state index contributed by atoms with van der Waals surface area (Å²) in [5, 5.41) is 13.1. The fourth-order valence-corrected chi connectivity index (χ4v) is 13.9. The molecule has 12 aromatic rings. The molecular weight excluding hydrogens is 903 g/mol. The van der Waals surface area contributed by atoms with Crippen molar-refractivity contribution in [3.63, 3.8) is 0 Å². The van der Waals surface area contributed by atoms with Crippen molar-refractivity contribution >= 4 is 103 Å². The zero-order valence-corrected chi connectivity index (χ0v) is 41.3. The average Bonchev–Trinajstić information content (AvgIpc) is 3.66. The highest BCUT2D eigenvalue weighted by molar-refractivity contribution is 7.32. The standard InChI is InChI=1S/C62H50O6P2/c1-38-34-46(35-39(2)60(38)67-69-63-52-28-24-42-16-6-10-20-48(42)56(52)57-49-21-11-7-17-43(49)25-29-53(57)64-69)62(32-14-5-15-33-62)47-36-40(3)61(41(4)37-47)68-70-65-54-30-26-44-18-8-12-22-50(44)58(54)59-51-23-13-9-19-45(51)27-31-55(59)66-70/h6-13,16-31,34-37H,5,14-15,32-33H2,1-4H3. The number of fused-ring (bicyclic) bond motifs is 14. The molecule has 0 spiro atoms. The number of aryl methyl sites for hydroxylation is 4. The first-order valence-electron chi connectivity index (χ1n) is 24.3. The molecule has 0 saturated heterocycles. The maximum Gasteiger partial charge on any atom is 0.453 e. The molecule has 344 valence electrons. The van der Waals surface area contributed by atoms with Crippen LogP contribution >= 0.6 is 16.5 Å². The number of hydrogen-bond acceptors (Lipinski definition) is 6. The molecule has 8 heteroatoms. The van der Waals surface area contributed by atoms with Crippen molar-refractivity contribution in [2.24, 2.45) is 0 Å². The highest BCUT2D eigenvalue weighted by Crippen LogP contribution is 2.51. The van der Waals surface area contributed by atoms with Gasteiger partial charge in [-0.3, -0.25) is 0 Å². The van der Waals surface area contributed by atoms with Gasteiger partial charge in [-0.05, 0) is 141 Å². The van der Waals surface area contributed by atoms with E-state index in [1.165, 1.54) is 17.5 Å². The third-order valence-electron chi connectivity index (χ3n) is 14.8. The summed E-state index contributed by atoms with van der Waals surface area (Å²) < 4.78 is 41.1. The minimum Gasteiger partial charge on any atom is -0.390 e. The fourth-order valence-electron chi connectivity index (χ4n) is 11.6. The second-order valence-electron chi connectivity index (χ2n) is 19.2. The van der Waals surface area contributed by atoms with Crippen molar-refractivity contribution in [1.82, 2.24) is 0 Å². The van der Waals surface area contributed by atoms with Crippen molar-refractivity contribution in [1.29, 1.82) is 0 Å². The monoisotopic (exact) mass is 952 g/mol. The lowest BCUT2D eigenvalue weighted by Gasteiger charge is -2.39. The van der Waals surface area contributed by atoms with Crippen LogP contribution in [0.1, 0.15) is 65.5 Å². The van der Waals surface area contributed by atoms with Crippen LogP contribution in [0.25, 0.3) is 87.0 Å². The number of hydrogen-bond donors (Lipinski definition) is 0. The predicted octanol–water partition coefficient (Wildman–Crippen LogP) is 19.7. The second-order valence-corrected chi connectivity index (χ2v) is 21.1. The summed E-state index contributed by atoms with van der Waals surface area (Å²) in [7, 11) is -3.74. The third-order valence-corrected chi connectivity index (χ3v) is 16.9. The minimum absolute atomic E-state index is 0.193. The van der Waals surface area contributed by atoms with Gasteiger partial charge in [-0.25, -0.2) is 0 Å². The topological polar surface area (TPSA) is 71.0 Å². The van der Waals surface area contributed by atoms with Gasteiger partial charge in [-0.2, -0.15) is 0 Å². The average molecular weight is 953 g/mol. The third kappa shape index (κ3) is 7.07. The highest BCUT2D eigenvalue weighted by atomic mass is 31.1. The molecule has 1 saturated carbocycles. The Labute approximate surface area is 407 Å². The van der Waals surface area contributed by atoms with E-state index < -0.39 is 16.5 Å². The number of benzene rings is 10. The molecule has 0 N–H and O–H groups in total. The first-order valence-corrected chi connectivity index (χ1v) is 26.5. The molecule has 0 atom stereocenters. The Bertz CT molecular complexity index is 3670. The maximum absolute atomic E-state index is 6.92. The van der Waals surface area contributed by atoms with Gasteiger partial charge in [0.1, 0.15) is 33.8 Å². The Hall–Kier alpha value is -7.36. The summed E-state index contributed by atoms with van der Waals surface area (Å²) in [5.74, 6) is 1.58. The van der Waals surface area contributed by atoms with Gasteiger partial charge in [0.05, 0.1) is 0 Å². The molecule has 1 fully saturated rings. The van der Waals surface area contributed by atoms with E-state index in [-0.39, 0.29) is 5.41 Å². The molecule has 13 rings (SSSR count). The van der Waals surface area contributed by atoms with E-state index in [1.54, 1.807) is 0 Å². The molecular formula is C62H50O6P2. The zero-order chi connectivity index (χ0) is 47.1. The van der Waals surface area contributed by atoms with Crippen molar-refractivity contribution in [3.8, 4) is 11.5 Å². The molecule has 0 radical (unpaired) electrons. The van der Waals surface area contributed by atoms with Crippen molar-refractivity contribution in [2.45, 2.75) is 65.2 Å². The zero-order valence-electron chi connectivity index (χ0n) is 39.5. The van der Waals surface area contributed by atoms with Crippen molar-refractivity contribution in [2.75, 3.05) is 0 Å². The number of rotatable bonds is 6. The van der Waals surface area contributed by atoms with E-state index in [2.05, 4.69) is 198 Å². The van der Waals surface area contributed by atoms with Crippen LogP contribution in [0, 0.1) is 27.7 Å². The second kappa shape index (κ2) is 16.9. The lowest BCUT2D eigenvalue weighted by Crippen LogP contribution is -2.31. The van der Waals surface area contributed by atoms with E-state index in [9.17, 15) is 0 Å². The molecule has 0 unspecified atom stereocenters. The smallest absolute Gasteiger partial charge is 0.390 e. The normalized spacial score (nSPS) is 13.8. The van der Waals surface area contributed by atoms with E-state index in [4.69, 9.17) is 25.8 Å². The van der Waals surface area contributed by atoms with Crippen LogP contribution in [-0.4, -0.2) is 0 Å². The largest absolute Gasteiger partial charge is 0.453 e. The predicted molar refractivity (Wildman–Crippen MR) is 290 cm³/mol. The lowest BCUT2D eigenvalue weighted by molar-refractivity contribution is 0.345. The molecule has 2 aromatic heterocycles. The SMILES string of the molecule is Cc1cc(C2(c3cc(C)c(Op4oc5ccc6ccccc6c5c5c(ccc6ccccc65)o4)c(C)c3)CCCCC2)cc(C)c1Op1oc2ccc3ccccc3c2c2c(ccc3ccccc32)o1. The van der Waals surface area contributed by atoms with Gasteiger partial charge in [0, 0.05) is 27.0 Å². The minimum atomic E-state index is -1.87. The van der Waals surface area contributed by atoms with Gasteiger partial charge in [-0.15, -0.1) is 0 Å². The Morgan fingerprint density at radius 1 is 0.357 bits per heavy atom. The van der Waals surface area contributed by atoms with Crippen molar-refractivity contribution in [3.05, 3.63) is 203 Å². The Kier molecular flexibility index (Phi) is 10.3. The van der Waals surface area contributed by atoms with Gasteiger partial charge >= 0.3 is 16.5 Å². The molecule has 2 heterocycles. The Morgan fingerprint density at radius 2 is 0.643 bits per heavy atom. The molecule has 0 aliphatic heterocycles. The van der Waals surface area contributed by atoms with Gasteiger partial charge in [0.15, 0.2) is 0 Å². The summed E-state index contributed by atoms with van der Waals surface area (Å²) in [6.07, 6.45) is 5.62. The van der Waals surface area contributed by atoms with E-state index in [0.717, 1.165) is 146 Å². The summed E-state index contributed by atoms with van der Waals surface area (Å²) in [5.41, 5.74) is 9.63. The maximum atomic E-state index is 6.92. The quantitative estimate of drug-likeness (QED) is 0.165. The Balaban J connectivity index is 0.895. The van der Waals surface area contributed by atoms with Crippen LogP contribution < -0.4 is 9.05 Å². The highest BCUT2D eigenvalue weighted by Gasteiger charge is 2.37. The van der Waals surface area contributed by atoms with Crippen LogP contribution in [0.4, 0.5) is 0 Å². The first kappa shape index (κ1) is 42.7. The molecule has 0 amide bonds. The Morgan fingerprint density at radius 3 is 0.943 bits per heavy atom. The van der Waals surface area contributed by atoms with Crippen LogP contribution in [0.5, 0.6) is 11.5 Å². The van der Waals surface area contributed by atoms with Gasteiger partial charge in [0.2, 0.25) is 0 Å². The molecule has 1 aliphatic rings. The molecule has 10 aromatic carbocycles. The first-order chi connectivity index (χ1) is 34.3. The van der Waals surface area contributed by atoms with E-state index in [1.807, 2.05) is 0 Å². The summed E-state index contributed by atoms with van der Waals surface area (Å²) in [6, 6.07) is 60.0. The molecule has 0 bridgehead atoms. The fraction of sp³-hybridized carbons (Fsp3) is 0.161. The van der Waals surface area contributed by atoms with Crippen LogP contribution in [0.3, 0.4) is 0 Å². The summed E-state index contributed by atoms with van der Waals surface area (Å²) >= 11 is 0. The van der Waals surface area contributed by atoms with Gasteiger partial charge in [-0.1, -0.05) is 165 Å². The van der Waals surface area contributed by atoms with Gasteiger partial charge < -0.3 is 25.8 Å². The lowest BCUT2D eigenvalue weighted by atomic mass is 9.64. The molecule has 70 heavy (non-hydrogen) atoms. The van der Waals surface area contributed by atoms with Crippen molar-refractivity contribution < 1.29 is 25.8 Å². The molecule has 1 aliphatic carbocycles. The van der Waals surface area contributed by atoms with Gasteiger partial charge in [0.25, 0.3) is 0 Å². The molecule has 6 nitrogen and oxygen atoms in total. The van der Waals surface area contributed by atoms with Crippen LogP contribution in [0.15, 0.2) is 187 Å². The van der Waals surface area contributed by atoms with Crippen LogP contribution in [-0.2, 0) is 5.41 Å².